The molecule has 20 heavy (non-hydrogen) atoms. The quantitative estimate of drug-likeness (QED) is 0.919. The molecular weight excluding hydrogens is 258 g/mol. The fourth-order valence-corrected chi connectivity index (χ4v) is 2.21. The Hall–Kier alpha value is -1.56. The van der Waals surface area contributed by atoms with Crippen LogP contribution >= 0.6 is 0 Å². The van der Waals surface area contributed by atoms with Crippen molar-refractivity contribution in [3.63, 3.8) is 0 Å². The lowest BCUT2D eigenvalue weighted by molar-refractivity contribution is 0.0186. The average Bonchev–Trinajstić information content (AvgIpc) is 2.88. The third-order valence-corrected chi connectivity index (χ3v) is 3.12. The molecule has 2 heterocycles. The van der Waals surface area contributed by atoms with Crippen LogP contribution in [0.15, 0.2) is 17.0 Å². The van der Waals surface area contributed by atoms with Crippen LogP contribution in [0.5, 0.6) is 0 Å². The van der Waals surface area contributed by atoms with Crippen LogP contribution in [-0.4, -0.2) is 40.7 Å². The number of aromatic nitrogens is 1. The number of hydrogen-bond acceptors (Lipinski definition) is 5. The van der Waals surface area contributed by atoms with Crippen LogP contribution < -0.4 is 5.32 Å². The number of nitrogens with zero attached hydrogens (tertiary/aromatic N) is 2. The standard InChI is InChI=1S/C14H23N3O3/c1-14(2,3)20-13(18)17-6-4-5-11(9-17)16-8-12-7-15-10-19-12/h7,10-11,16H,4-6,8-9H2,1-3H3. The minimum absolute atomic E-state index is 0.233. The molecular formula is C14H23N3O3. The first-order chi connectivity index (χ1) is 9.44. The van der Waals surface area contributed by atoms with Crippen molar-refractivity contribution >= 4 is 6.09 Å². The highest BCUT2D eigenvalue weighted by molar-refractivity contribution is 5.68. The van der Waals surface area contributed by atoms with Crippen LogP contribution in [0, 0.1) is 0 Å². The van der Waals surface area contributed by atoms with Gasteiger partial charge in [0, 0.05) is 19.1 Å². The molecule has 2 rings (SSSR count). The molecule has 1 fully saturated rings. The second kappa shape index (κ2) is 6.26. The Balaban J connectivity index is 1.80. The van der Waals surface area contributed by atoms with E-state index < -0.39 is 5.60 Å². The summed E-state index contributed by atoms with van der Waals surface area (Å²) in [6.07, 6.45) is 4.91. The van der Waals surface area contributed by atoms with Crippen molar-refractivity contribution in [3.05, 3.63) is 18.4 Å². The number of amides is 1. The summed E-state index contributed by atoms with van der Waals surface area (Å²) >= 11 is 0. The maximum Gasteiger partial charge on any atom is 0.410 e. The van der Waals surface area contributed by atoms with Crippen molar-refractivity contribution in [3.8, 4) is 0 Å². The molecule has 1 amide bonds. The fraction of sp³-hybridized carbons (Fsp3) is 0.714. The molecule has 1 aliphatic rings. The first-order valence-corrected chi connectivity index (χ1v) is 7.03. The first kappa shape index (κ1) is 14.8. The van der Waals surface area contributed by atoms with Crippen LogP contribution in [0.3, 0.4) is 0 Å². The molecule has 1 aromatic heterocycles. The topological polar surface area (TPSA) is 67.6 Å². The highest BCUT2D eigenvalue weighted by Crippen LogP contribution is 2.15. The smallest absolute Gasteiger partial charge is 0.410 e. The van der Waals surface area contributed by atoms with Crippen molar-refractivity contribution in [2.75, 3.05) is 13.1 Å². The second-order valence-corrected chi connectivity index (χ2v) is 6.11. The van der Waals surface area contributed by atoms with Gasteiger partial charge < -0.3 is 19.4 Å². The molecule has 0 spiro atoms. The van der Waals surface area contributed by atoms with E-state index in [4.69, 9.17) is 9.15 Å². The van der Waals surface area contributed by atoms with E-state index in [1.165, 1.54) is 6.39 Å². The predicted molar refractivity (Wildman–Crippen MR) is 74.2 cm³/mol. The van der Waals surface area contributed by atoms with Gasteiger partial charge in [-0.05, 0) is 33.6 Å². The molecule has 1 aliphatic heterocycles. The average molecular weight is 281 g/mol. The molecule has 1 N–H and O–H groups in total. The van der Waals surface area contributed by atoms with E-state index in [0.29, 0.717) is 13.1 Å². The van der Waals surface area contributed by atoms with E-state index in [1.807, 2.05) is 20.8 Å². The first-order valence-electron chi connectivity index (χ1n) is 7.03. The molecule has 0 bridgehead atoms. The number of piperidine rings is 1. The van der Waals surface area contributed by atoms with Gasteiger partial charge in [-0.3, -0.25) is 0 Å². The molecule has 0 aromatic carbocycles. The van der Waals surface area contributed by atoms with E-state index in [9.17, 15) is 4.79 Å². The Morgan fingerprint density at radius 1 is 1.60 bits per heavy atom. The summed E-state index contributed by atoms with van der Waals surface area (Å²) in [6.45, 7) is 7.71. The van der Waals surface area contributed by atoms with Gasteiger partial charge in [-0.2, -0.15) is 0 Å². The Labute approximate surface area is 119 Å². The van der Waals surface area contributed by atoms with Crippen LogP contribution in [-0.2, 0) is 11.3 Å². The van der Waals surface area contributed by atoms with E-state index in [2.05, 4.69) is 10.3 Å². The summed E-state index contributed by atoms with van der Waals surface area (Å²) in [7, 11) is 0. The summed E-state index contributed by atoms with van der Waals surface area (Å²) in [4.78, 5) is 17.7. The normalized spacial score (nSPS) is 19.9. The maximum absolute atomic E-state index is 12.0. The Bertz CT molecular complexity index is 425. The highest BCUT2D eigenvalue weighted by atomic mass is 16.6. The molecule has 112 valence electrons. The number of carbonyl (C=O) groups is 1. The lowest BCUT2D eigenvalue weighted by Crippen LogP contribution is -2.49. The maximum atomic E-state index is 12.0. The van der Waals surface area contributed by atoms with E-state index >= 15 is 0 Å². The van der Waals surface area contributed by atoms with E-state index in [1.54, 1.807) is 11.1 Å². The second-order valence-electron chi connectivity index (χ2n) is 6.11. The summed E-state index contributed by atoms with van der Waals surface area (Å²) in [5.41, 5.74) is -0.447. The van der Waals surface area contributed by atoms with Crippen LogP contribution in [0.4, 0.5) is 4.79 Å². The van der Waals surface area contributed by atoms with Crippen molar-refractivity contribution in [2.24, 2.45) is 0 Å². The molecule has 0 aliphatic carbocycles. The molecule has 1 unspecified atom stereocenters. The fourth-order valence-electron chi connectivity index (χ4n) is 2.21. The number of rotatable bonds is 3. The number of likely N-dealkylation sites (tertiary alicyclic amines) is 1. The van der Waals surface area contributed by atoms with Gasteiger partial charge >= 0.3 is 6.09 Å². The zero-order valence-electron chi connectivity index (χ0n) is 12.4. The molecule has 6 heteroatoms. The number of oxazole rings is 1. The summed E-state index contributed by atoms with van der Waals surface area (Å²) in [5.74, 6) is 0.805. The van der Waals surface area contributed by atoms with Crippen molar-refractivity contribution in [2.45, 2.75) is 51.8 Å². The third-order valence-electron chi connectivity index (χ3n) is 3.12. The van der Waals surface area contributed by atoms with Crippen molar-refractivity contribution in [1.29, 1.82) is 0 Å². The molecule has 1 atom stereocenters. The molecule has 1 saturated heterocycles. The van der Waals surface area contributed by atoms with Crippen LogP contribution in [0.25, 0.3) is 0 Å². The molecule has 1 aromatic rings. The van der Waals surface area contributed by atoms with Gasteiger partial charge in [-0.1, -0.05) is 0 Å². The van der Waals surface area contributed by atoms with E-state index in [-0.39, 0.29) is 12.1 Å². The van der Waals surface area contributed by atoms with Crippen LogP contribution in [0.2, 0.25) is 0 Å². The van der Waals surface area contributed by atoms with Crippen molar-refractivity contribution in [1.82, 2.24) is 15.2 Å². The van der Waals surface area contributed by atoms with Gasteiger partial charge in [0.2, 0.25) is 0 Å². The zero-order valence-corrected chi connectivity index (χ0v) is 12.4. The number of nitrogens with one attached hydrogen (secondary N) is 1. The zero-order chi connectivity index (χ0) is 14.6. The SMILES string of the molecule is CC(C)(C)OC(=O)N1CCCC(NCc2cnco2)C1. The summed E-state index contributed by atoms with van der Waals surface area (Å²) in [5, 5.41) is 3.39. The predicted octanol–water partition coefficient (Wildman–Crippen LogP) is 2.16. The number of ether oxygens (including phenoxy) is 1. The largest absolute Gasteiger partial charge is 0.447 e. The van der Waals surface area contributed by atoms with Gasteiger partial charge in [0.15, 0.2) is 6.39 Å². The molecule has 6 nitrogen and oxygen atoms in total. The van der Waals surface area contributed by atoms with Gasteiger partial charge in [-0.15, -0.1) is 0 Å². The molecule has 0 saturated carbocycles. The van der Waals surface area contributed by atoms with Crippen molar-refractivity contribution < 1.29 is 13.9 Å². The number of carbonyl (C=O) groups excluding carboxylic acids is 1. The lowest BCUT2D eigenvalue weighted by Gasteiger charge is -2.34. The third kappa shape index (κ3) is 4.52. The van der Waals surface area contributed by atoms with E-state index in [0.717, 1.165) is 25.1 Å². The Morgan fingerprint density at radius 3 is 3.05 bits per heavy atom. The lowest BCUT2D eigenvalue weighted by atomic mass is 10.1. The Kier molecular flexibility index (Phi) is 4.65. The van der Waals surface area contributed by atoms with Gasteiger partial charge in [0.1, 0.15) is 11.4 Å². The number of hydrogen-bond donors (Lipinski definition) is 1. The molecule has 0 radical (unpaired) electrons. The minimum Gasteiger partial charge on any atom is -0.447 e. The minimum atomic E-state index is -0.447. The summed E-state index contributed by atoms with van der Waals surface area (Å²) in [6, 6.07) is 0.265. The van der Waals surface area contributed by atoms with Crippen LogP contribution in [0.1, 0.15) is 39.4 Å². The summed E-state index contributed by atoms with van der Waals surface area (Å²) < 4.78 is 10.6. The highest BCUT2D eigenvalue weighted by Gasteiger charge is 2.27. The van der Waals surface area contributed by atoms with Gasteiger partial charge in [0.05, 0.1) is 12.7 Å². The van der Waals surface area contributed by atoms with Gasteiger partial charge in [-0.25, -0.2) is 9.78 Å². The Morgan fingerprint density at radius 2 is 2.40 bits per heavy atom. The monoisotopic (exact) mass is 281 g/mol. The van der Waals surface area contributed by atoms with Gasteiger partial charge in [0.25, 0.3) is 0 Å².